The molecule has 6 nitrogen and oxygen atoms in total. The largest absolute Gasteiger partial charge is 0.332 e. The van der Waals surface area contributed by atoms with Crippen molar-refractivity contribution in [3.05, 3.63) is 34.6 Å². The number of aromatic nitrogens is 4. The molecule has 0 radical (unpaired) electrons. The van der Waals surface area contributed by atoms with E-state index in [2.05, 4.69) is 31.3 Å². The molecule has 1 saturated carbocycles. The van der Waals surface area contributed by atoms with E-state index in [9.17, 15) is 4.79 Å². The molecule has 0 bridgehead atoms. The van der Waals surface area contributed by atoms with Crippen LogP contribution in [0.4, 0.5) is 0 Å². The number of tetrazole rings is 1. The zero-order valence-electron chi connectivity index (χ0n) is 15.6. The lowest BCUT2D eigenvalue weighted by molar-refractivity contribution is -0.140. The topological polar surface area (TPSA) is 63.9 Å². The van der Waals surface area contributed by atoms with E-state index in [0.717, 1.165) is 48.8 Å². The number of rotatable bonds is 3. The maximum Gasteiger partial charge on any atom is 0.226 e. The van der Waals surface area contributed by atoms with Crippen molar-refractivity contribution in [2.45, 2.75) is 63.8 Å². The van der Waals surface area contributed by atoms with Gasteiger partial charge in [-0.05, 0) is 55.5 Å². The third-order valence-corrected chi connectivity index (χ3v) is 6.25. The van der Waals surface area contributed by atoms with Crippen LogP contribution < -0.4 is 0 Å². The molecule has 2 fully saturated rings. The number of piperidine rings is 1. The van der Waals surface area contributed by atoms with Crippen molar-refractivity contribution in [1.82, 2.24) is 25.1 Å². The number of halogens is 1. The quantitative estimate of drug-likeness (QED) is 0.673. The van der Waals surface area contributed by atoms with Crippen LogP contribution >= 0.6 is 15.9 Å². The summed E-state index contributed by atoms with van der Waals surface area (Å²) >= 11 is 3.48. The summed E-state index contributed by atoms with van der Waals surface area (Å²) in [6.45, 7) is 0.811. The lowest BCUT2D eigenvalue weighted by Crippen LogP contribution is -2.42. The van der Waals surface area contributed by atoms with Crippen LogP contribution in [0.5, 0.6) is 0 Å². The van der Waals surface area contributed by atoms with Gasteiger partial charge in [-0.1, -0.05) is 47.7 Å². The van der Waals surface area contributed by atoms with Gasteiger partial charge in [-0.3, -0.25) is 4.79 Å². The number of benzene rings is 1. The van der Waals surface area contributed by atoms with Gasteiger partial charge in [-0.25, -0.2) is 0 Å². The Morgan fingerprint density at radius 3 is 2.59 bits per heavy atom. The standard InChI is InChI=1S/C20H26BrN5O/c21-16-10-7-11-17(14-16)26-23-19(22-24-26)18-12-5-6-13-25(18)20(27)15-8-3-1-2-4-9-15/h7,10-11,14-15,18H,1-6,8-9,12-13H2. The number of nitrogens with zero attached hydrogens (tertiary/aromatic N) is 5. The van der Waals surface area contributed by atoms with Crippen LogP contribution in [-0.2, 0) is 4.79 Å². The highest BCUT2D eigenvalue weighted by atomic mass is 79.9. The molecule has 0 spiro atoms. The molecule has 1 aliphatic carbocycles. The molecular formula is C20H26BrN5O. The first-order valence-electron chi connectivity index (χ1n) is 10.1. The Hall–Kier alpha value is -1.76. The second-order valence-electron chi connectivity index (χ2n) is 7.65. The van der Waals surface area contributed by atoms with Gasteiger partial charge >= 0.3 is 0 Å². The Kier molecular flexibility index (Phi) is 5.86. The summed E-state index contributed by atoms with van der Waals surface area (Å²) in [5.74, 6) is 1.14. The van der Waals surface area contributed by atoms with E-state index in [1.54, 1.807) is 4.80 Å². The molecule has 4 rings (SSSR count). The summed E-state index contributed by atoms with van der Waals surface area (Å²) < 4.78 is 0.974. The molecule has 1 aromatic carbocycles. The minimum atomic E-state index is -0.0459. The van der Waals surface area contributed by atoms with Crippen LogP contribution in [0.15, 0.2) is 28.7 Å². The number of amides is 1. The predicted octanol–water partition coefficient (Wildman–Crippen LogP) is 4.45. The normalized spacial score (nSPS) is 21.8. The highest BCUT2D eigenvalue weighted by Crippen LogP contribution is 2.33. The van der Waals surface area contributed by atoms with Crippen molar-refractivity contribution in [3.8, 4) is 5.69 Å². The summed E-state index contributed by atoms with van der Waals surface area (Å²) in [7, 11) is 0. The average molecular weight is 432 g/mol. The summed E-state index contributed by atoms with van der Waals surface area (Å²) in [6, 6.07) is 7.78. The number of hydrogen-bond acceptors (Lipinski definition) is 4. The van der Waals surface area contributed by atoms with Crippen molar-refractivity contribution in [1.29, 1.82) is 0 Å². The summed E-state index contributed by atoms with van der Waals surface area (Å²) in [5.41, 5.74) is 0.862. The molecule has 1 aromatic heterocycles. The molecule has 1 amide bonds. The van der Waals surface area contributed by atoms with Gasteiger partial charge < -0.3 is 4.90 Å². The molecular weight excluding hydrogens is 406 g/mol. The van der Waals surface area contributed by atoms with Crippen molar-refractivity contribution in [2.75, 3.05) is 6.54 Å². The van der Waals surface area contributed by atoms with Gasteiger partial charge in [0, 0.05) is 16.9 Å². The van der Waals surface area contributed by atoms with Gasteiger partial charge in [0.05, 0.1) is 11.7 Å². The van der Waals surface area contributed by atoms with Gasteiger partial charge in [0.25, 0.3) is 0 Å². The Bertz CT molecular complexity index is 784. The average Bonchev–Trinajstić information content (AvgIpc) is 3.03. The SMILES string of the molecule is O=C(C1CCCCCC1)N1CCCCC1c1nnn(-c2cccc(Br)c2)n1. The molecule has 27 heavy (non-hydrogen) atoms. The molecule has 7 heteroatoms. The van der Waals surface area contributed by atoms with E-state index >= 15 is 0 Å². The third-order valence-electron chi connectivity index (χ3n) is 5.76. The fraction of sp³-hybridized carbons (Fsp3) is 0.600. The zero-order valence-corrected chi connectivity index (χ0v) is 17.1. The minimum Gasteiger partial charge on any atom is -0.332 e. The molecule has 0 N–H and O–H groups in total. The molecule has 1 saturated heterocycles. The first-order chi connectivity index (χ1) is 13.2. The maximum atomic E-state index is 13.2. The van der Waals surface area contributed by atoms with Crippen LogP contribution in [0.3, 0.4) is 0 Å². The fourth-order valence-corrected chi connectivity index (χ4v) is 4.68. The lowest BCUT2D eigenvalue weighted by Gasteiger charge is -2.36. The molecule has 2 aliphatic rings. The van der Waals surface area contributed by atoms with Crippen LogP contribution in [-0.4, -0.2) is 37.6 Å². The summed E-state index contributed by atoms with van der Waals surface area (Å²) in [4.78, 5) is 16.9. The Morgan fingerprint density at radius 1 is 1.04 bits per heavy atom. The third kappa shape index (κ3) is 4.23. The van der Waals surface area contributed by atoms with E-state index in [-0.39, 0.29) is 12.0 Å². The molecule has 2 aromatic rings. The Labute approximate surface area is 168 Å². The van der Waals surface area contributed by atoms with Crippen molar-refractivity contribution in [2.24, 2.45) is 5.92 Å². The maximum absolute atomic E-state index is 13.2. The first kappa shape index (κ1) is 18.6. The number of hydrogen-bond donors (Lipinski definition) is 0. The van der Waals surface area contributed by atoms with Crippen molar-refractivity contribution < 1.29 is 4.79 Å². The van der Waals surface area contributed by atoms with Gasteiger partial charge in [0.15, 0.2) is 5.82 Å². The van der Waals surface area contributed by atoms with E-state index in [1.165, 1.54) is 25.7 Å². The summed E-state index contributed by atoms with van der Waals surface area (Å²) in [6.07, 6.45) is 10.0. The van der Waals surface area contributed by atoms with Gasteiger partial charge in [-0.2, -0.15) is 0 Å². The van der Waals surface area contributed by atoms with E-state index in [4.69, 9.17) is 0 Å². The van der Waals surface area contributed by atoms with Crippen LogP contribution in [0, 0.1) is 5.92 Å². The number of carbonyl (C=O) groups excluding carboxylic acids is 1. The predicted molar refractivity (Wildman–Crippen MR) is 106 cm³/mol. The second-order valence-corrected chi connectivity index (χ2v) is 8.56. The smallest absolute Gasteiger partial charge is 0.226 e. The van der Waals surface area contributed by atoms with Gasteiger partial charge in [0.1, 0.15) is 0 Å². The van der Waals surface area contributed by atoms with Crippen LogP contribution in [0.1, 0.15) is 69.7 Å². The highest BCUT2D eigenvalue weighted by Gasteiger charge is 2.34. The molecule has 1 aliphatic heterocycles. The van der Waals surface area contributed by atoms with Crippen LogP contribution in [0.2, 0.25) is 0 Å². The lowest BCUT2D eigenvalue weighted by atomic mass is 9.94. The van der Waals surface area contributed by atoms with Gasteiger partial charge in [0.2, 0.25) is 5.91 Å². The first-order valence-corrected chi connectivity index (χ1v) is 10.9. The Morgan fingerprint density at radius 2 is 1.81 bits per heavy atom. The number of carbonyl (C=O) groups is 1. The summed E-state index contributed by atoms with van der Waals surface area (Å²) in [5, 5.41) is 13.2. The van der Waals surface area contributed by atoms with E-state index < -0.39 is 0 Å². The monoisotopic (exact) mass is 431 g/mol. The van der Waals surface area contributed by atoms with Gasteiger partial charge in [-0.15, -0.1) is 15.0 Å². The zero-order chi connectivity index (χ0) is 18.6. The second kappa shape index (κ2) is 8.50. The highest BCUT2D eigenvalue weighted by molar-refractivity contribution is 9.10. The number of likely N-dealkylation sites (tertiary alicyclic amines) is 1. The fourth-order valence-electron chi connectivity index (χ4n) is 4.29. The molecule has 1 atom stereocenters. The van der Waals surface area contributed by atoms with Crippen LogP contribution in [0.25, 0.3) is 5.69 Å². The minimum absolute atomic E-state index is 0.0459. The molecule has 1 unspecified atom stereocenters. The van der Waals surface area contributed by atoms with Crippen molar-refractivity contribution in [3.63, 3.8) is 0 Å². The van der Waals surface area contributed by atoms with Crippen molar-refractivity contribution >= 4 is 21.8 Å². The van der Waals surface area contributed by atoms with E-state index in [0.29, 0.717) is 11.7 Å². The van der Waals surface area contributed by atoms with E-state index in [1.807, 2.05) is 29.2 Å². The molecule has 144 valence electrons. The Balaban J connectivity index is 1.55. The molecule has 2 heterocycles.